The number of nitrogens with zero attached hydrogens (tertiary/aromatic N) is 1. The van der Waals surface area contributed by atoms with Crippen LogP contribution < -0.4 is 9.64 Å². The van der Waals surface area contributed by atoms with Gasteiger partial charge in [0, 0.05) is 32.0 Å². The lowest BCUT2D eigenvalue weighted by molar-refractivity contribution is -0.274. The Balaban J connectivity index is 1.70. The van der Waals surface area contributed by atoms with Crippen molar-refractivity contribution >= 4 is 50.1 Å². The highest BCUT2D eigenvalue weighted by Crippen LogP contribution is 2.53. The fraction of sp³-hybridized carbons (Fsp3) is 0.394. The summed E-state index contributed by atoms with van der Waals surface area (Å²) in [6.07, 6.45) is -2.57. The summed E-state index contributed by atoms with van der Waals surface area (Å²) in [4.78, 5) is 3.36. The van der Waals surface area contributed by atoms with Crippen molar-refractivity contribution in [3.63, 3.8) is 0 Å². The van der Waals surface area contributed by atoms with E-state index in [0.717, 1.165) is 34.5 Å². The monoisotopic (exact) mass is 585 g/mol. The van der Waals surface area contributed by atoms with E-state index in [1.54, 1.807) is 6.07 Å². The molecule has 0 saturated carbocycles. The standard InChI is InChI=1S/C33H35ClF3NOS/c1-30(2,3)20-8-10-22(11-9-20)38(24-16-21(34)17-25(18-24)39-33(35,36)37)23-12-13-26-27(19-23)40-29-28(26)31(4,5)14-15-32(29,6)7/h8-13,16-19H,14-15H2,1-7H3. The van der Waals surface area contributed by atoms with Gasteiger partial charge in [0.05, 0.1) is 5.69 Å². The van der Waals surface area contributed by atoms with Crippen molar-refractivity contribution in [3.05, 3.63) is 81.7 Å². The van der Waals surface area contributed by atoms with Crippen LogP contribution in [0.4, 0.5) is 30.2 Å². The van der Waals surface area contributed by atoms with Gasteiger partial charge < -0.3 is 9.64 Å². The molecule has 0 N–H and O–H groups in total. The predicted octanol–water partition coefficient (Wildman–Crippen LogP) is 11.6. The molecule has 7 heteroatoms. The lowest BCUT2D eigenvalue weighted by Crippen LogP contribution is -2.32. The van der Waals surface area contributed by atoms with Crippen LogP contribution in [0.1, 0.15) is 77.3 Å². The predicted molar refractivity (Wildman–Crippen MR) is 162 cm³/mol. The van der Waals surface area contributed by atoms with Gasteiger partial charge in [-0.05, 0) is 82.0 Å². The molecule has 3 aromatic carbocycles. The first kappa shape index (κ1) is 28.8. The second-order valence-electron chi connectivity index (χ2n) is 13.1. The SMILES string of the molecule is CC(C)(C)c1ccc(N(c2cc(Cl)cc(OC(F)(F)F)c2)c2ccc3c4c(sc3c2)C(C)(C)CCC4(C)C)cc1. The lowest BCUT2D eigenvalue weighted by atomic mass is 9.66. The molecule has 1 aromatic heterocycles. The third kappa shape index (κ3) is 5.58. The zero-order valence-electron chi connectivity index (χ0n) is 24.0. The fourth-order valence-corrected chi connectivity index (χ4v) is 7.43. The summed E-state index contributed by atoms with van der Waals surface area (Å²) in [6, 6.07) is 18.7. The minimum atomic E-state index is -4.82. The van der Waals surface area contributed by atoms with Crippen LogP contribution in [0.15, 0.2) is 60.7 Å². The molecule has 212 valence electrons. The van der Waals surface area contributed by atoms with Crippen molar-refractivity contribution in [1.29, 1.82) is 0 Å². The Bertz CT molecular complexity index is 1560. The van der Waals surface area contributed by atoms with Crippen LogP contribution in [-0.2, 0) is 16.2 Å². The number of benzene rings is 3. The number of halogens is 4. The van der Waals surface area contributed by atoms with E-state index >= 15 is 0 Å². The second-order valence-corrected chi connectivity index (χ2v) is 14.6. The molecular weight excluding hydrogens is 551 g/mol. The van der Waals surface area contributed by atoms with Gasteiger partial charge in [0.15, 0.2) is 0 Å². The maximum Gasteiger partial charge on any atom is 0.573 e. The molecule has 2 nitrogen and oxygen atoms in total. The first-order valence-corrected chi connectivity index (χ1v) is 14.7. The fourth-order valence-electron chi connectivity index (χ4n) is 5.66. The van der Waals surface area contributed by atoms with Gasteiger partial charge >= 0.3 is 6.36 Å². The lowest BCUT2D eigenvalue weighted by Gasteiger charge is -2.39. The Labute approximate surface area is 243 Å². The normalized spacial score (nSPS) is 16.6. The van der Waals surface area contributed by atoms with E-state index in [9.17, 15) is 13.2 Å². The van der Waals surface area contributed by atoms with Crippen LogP contribution in [0, 0.1) is 0 Å². The number of alkyl halides is 3. The smallest absolute Gasteiger partial charge is 0.406 e. The van der Waals surface area contributed by atoms with Gasteiger partial charge in [-0.3, -0.25) is 0 Å². The zero-order valence-corrected chi connectivity index (χ0v) is 25.5. The number of thiophene rings is 1. The van der Waals surface area contributed by atoms with E-state index in [4.69, 9.17) is 11.6 Å². The van der Waals surface area contributed by atoms with Gasteiger partial charge in [-0.1, -0.05) is 78.3 Å². The molecule has 1 heterocycles. The zero-order chi connectivity index (χ0) is 29.3. The van der Waals surface area contributed by atoms with E-state index in [1.807, 2.05) is 28.4 Å². The molecule has 0 saturated heterocycles. The summed E-state index contributed by atoms with van der Waals surface area (Å²) in [5, 5.41) is 1.40. The van der Waals surface area contributed by atoms with Crippen LogP contribution in [0.25, 0.3) is 10.1 Å². The highest BCUT2D eigenvalue weighted by Gasteiger charge is 2.40. The van der Waals surface area contributed by atoms with Crippen molar-refractivity contribution in [3.8, 4) is 5.75 Å². The molecule has 0 fully saturated rings. The number of hydrogen-bond donors (Lipinski definition) is 0. The number of rotatable bonds is 4. The quantitative estimate of drug-likeness (QED) is 0.236. The summed E-state index contributed by atoms with van der Waals surface area (Å²) >= 11 is 8.16. The molecule has 4 aromatic rings. The van der Waals surface area contributed by atoms with E-state index in [1.165, 1.54) is 28.0 Å². The van der Waals surface area contributed by atoms with Gasteiger partial charge in [0.2, 0.25) is 0 Å². The number of fused-ring (bicyclic) bond motifs is 3. The summed E-state index contributed by atoms with van der Waals surface area (Å²) in [6.45, 7) is 15.7. The molecule has 40 heavy (non-hydrogen) atoms. The van der Waals surface area contributed by atoms with Crippen LogP contribution in [0.3, 0.4) is 0 Å². The van der Waals surface area contributed by atoms with Crippen molar-refractivity contribution in [2.75, 3.05) is 4.90 Å². The maximum atomic E-state index is 13.1. The average Bonchev–Trinajstić information content (AvgIpc) is 3.22. The summed E-state index contributed by atoms with van der Waals surface area (Å²) in [5.74, 6) is -0.359. The maximum absolute atomic E-state index is 13.1. The topological polar surface area (TPSA) is 12.5 Å². The Morgan fingerprint density at radius 2 is 1.43 bits per heavy atom. The Morgan fingerprint density at radius 3 is 2.05 bits per heavy atom. The van der Waals surface area contributed by atoms with Gasteiger partial charge in [0.25, 0.3) is 0 Å². The molecule has 0 radical (unpaired) electrons. The minimum absolute atomic E-state index is 0.0400. The van der Waals surface area contributed by atoms with Crippen molar-refractivity contribution < 1.29 is 17.9 Å². The van der Waals surface area contributed by atoms with Crippen LogP contribution in [-0.4, -0.2) is 6.36 Å². The van der Waals surface area contributed by atoms with Crippen molar-refractivity contribution in [2.45, 2.75) is 83.9 Å². The Hall–Kier alpha value is -2.70. The molecule has 1 aliphatic rings. The second kappa shape index (κ2) is 9.70. The van der Waals surface area contributed by atoms with E-state index in [-0.39, 0.29) is 27.0 Å². The van der Waals surface area contributed by atoms with Crippen molar-refractivity contribution in [2.24, 2.45) is 0 Å². The van der Waals surface area contributed by atoms with E-state index in [2.05, 4.69) is 83.5 Å². The average molecular weight is 586 g/mol. The molecule has 0 spiro atoms. The van der Waals surface area contributed by atoms with Crippen LogP contribution >= 0.6 is 22.9 Å². The highest BCUT2D eigenvalue weighted by molar-refractivity contribution is 7.19. The number of ether oxygens (including phenoxy) is 1. The van der Waals surface area contributed by atoms with Gasteiger partial charge in [-0.25, -0.2) is 0 Å². The summed E-state index contributed by atoms with van der Waals surface area (Å²) in [5.41, 5.74) is 4.84. The van der Waals surface area contributed by atoms with Crippen LogP contribution in [0.5, 0.6) is 5.75 Å². The minimum Gasteiger partial charge on any atom is -0.406 e. The first-order valence-electron chi connectivity index (χ1n) is 13.5. The van der Waals surface area contributed by atoms with Crippen molar-refractivity contribution in [1.82, 2.24) is 0 Å². The molecule has 0 unspecified atom stereocenters. The Kier molecular flexibility index (Phi) is 6.99. The number of hydrogen-bond acceptors (Lipinski definition) is 3. The number of anilines is 3. The molecule has 0 atom stereocenters. The molecule has 0 aliphatic heterocycles. The molecule has 1 aliphatic carbocycles. The van der Waals surface area contributed by atoms with E-state index in [0.29, 0.717) is 5.69 Å². The van der Waals surface area contributed by atoms with Gasteiger partial charge in [-0.15, -0.1) is 24.5 Å². The largest absolute Gasteiger partial charge is 0.573 e. The molecule has 5 rings (SSSR count). The third-order valence-electron chi connectivity index (χ3n) is 7.94. The molecular formula is C33H35ClF3NOS. The summed E-state index contributed by atoms with van der Waals surface area (Å²) < 4.78 is 44.9. The van der Waals surface area contributed by atoms with Gasteiger partial charge in [0.1, 0.15) is 5.75 Å². The van der Waals surface area contributed by atoms with E-state index < -0.39 is 6.36 Å². The van der Waals surface area contributed by atoms with Crippen LogP contribution in [0.2, 0.25) is 5.02 Å². The Morgan fingerprint density at radius 1 is 0.800 bits per heavy atom. The summed E-state index contributed by atoms with van der Waals surface area (Å²) in [7, 11) is 0. The molecule has 0 bridgehead atoms. The van der Waals surface area contributed by atoms with Gasteiger partial charge in [-0.2, -0.15) is 0 Å². The third-order valence-corrected chi connectivity index (χ3v) is 9.67. The first-order chi connectivity index (χ1) is 18.4. The molecule has 0 amide bonds. The highest BCUT2D eigenvalue weighted by atomic mass is 35.5.